The number of thiophene rings is 1. The average molecular weight is 295 g/mol. The van der Waals surface area contributed by atoms with Crippen LogP contribution in [0.5, 0.6) is 0 Å². The van der Waals surface area contributed by atoms with Crippen LogP contribution in [0.3, 0.4) is 0 Å². The van der Waals surface area contributed by atoms with Crippen molar-refractivity contribution in [3.8, 4) is 0 Å². The highest BCUT2D eigenvalue weighted by Crippen LogP contribution is 2.29. The number of rotatable bonds is 4. The van der Waals surface area contributed by atoms with E-state index >= 15 is 0 Å². The van der Waals surface area contributed by atoms with E-state index in [0.717, 1.165) is 14.9 Å². The second kappa shape index (κ2) is 6.08. The minimum absolute atomic E-state index is 0.0875. The Morgan fingerprint density at radius 3 is 2.74 bits per heavy atom. The van der Waals surface area contributed by atoms with Gasteiger partial charge in [-0.3, -0.25) is 4.79 Å². The number of amides is 1. The number of hydrogen-bond acceptors (Lipinski definition) is 3. The van der Waals surface area contributed by atoms with Gasteiger partial charge in [0.05, 0.1) is 10.4 Å². The Morgan fingerprint density at radius 2 is 2.11 bits per heavy atom. The number of benzene rings is 1. The minimum atomic E-state index is -0.0875. The maximum Gasteiger partial charge on any atom is 0.251 e. The second-order valence-corrected chi connectivity index (χ2v) is 5.91. The number of nitrogens with one attached hydrogen (secondary N) is 2. The van der Waals surface area contributed by atoms with Crippen molar-refractivity contribution in [1.29, 1.82) is 0 Å². The highest BCUT2D eigenvalue weighted by molar-refractivity contribution is 7.16. The highest BCUT2D eigenvalue weighted by atomic mass is 35.5. The molecule has 0 aliphatic carbocycles. The Balaban J connectivity index is 2.12. The third kappa shape index (κ3) is 3.49. The normalized spacial score (nSPS) is 11.9. The number of halogens is 1. The number of carbonyl (C=O) groups is 1. The largest absolute Gasteiger partial charge is 0.378 e. The third-order valence-corrected chi connectivity index (χ3v) is 4.17. The molecule has 1 atom stereocenters. The van der Waals surface area contributed by atoms with E-state index in [1.165, 1.54) is 0 Å². The zero-order valence-corrected chi connectivity index (χ0v) is 12.3. The van der Waals surface area contributed by atoms with Crippen molar-refractivity contribution in [1.82, 2.24) is 5.32 Å². The lowest BCUT2D eigenvalue weighted by atomic mass is 10.1. The maximum absolute atomic E-state index is 11.6. The van der Waals surface area contributed by atoms with Crippen molar-refractivity contribution in [2.75, 3.05) is 12.4 Å². The third-order valence-electron chi connectivity index (χ3n) is 2.76. The summed E-state index contributed by atoms with van der Waals surface area (Å²) in [5.41, 5.74) is 1.56. The monoisotopic (exact) mass is 294 g/mol. The molecule has 0 aliphatic heterocycles. The predicted octanol–water partition coefficient (Wildman–Crippen LogP) is 3.93. The number of anilines is 1. The fourth-order valence-corrected chi connectivity index (χ4v) is 2.84. The van der Waals surface area contributed by atoms with E-state index in [0.29, 0.717) is 5.56 Å². The van der Waals surface area contributed by atoms with Crippen molar-refractivity contribution in [2.24, 2.45) is 0 Å². The van der Waals surface area contributed by atoms with E-state index in [2.05, 4.69) is 17.6 Å². The van der Waals surface area contributed by atoms with Crippen molar-refractivity contribution < 1.29 is 4.79 Å². The van der Waals surface area contributed by atoms with Crippen LogP contribution in [-0.2, 0) is 0 Å². The Bertz CT molecular complexity index is 582. The maximum atomic E-state index is 11.6. The summed E-state index contributed by atoms with van der Waals surface area (Å²) in [4.78, 5) is 12.7. The summed E-state index contributed by atoms with van der Waals surface area (Å²) in [6.45, 7) is 2.06. The van der Waals surface area contributed by atoms with E-state index in [4.69, 9.17) is 11.6 Å². The van der Waals surface area contributed by atoms with Gasteiger partial charge in [-0.15, -0.1) is 11.3 Å². The first-order chi connectivity index (χ1) is 9.10. The molecule has 19 heavy (non-hydrogen) atoms. The molecule has 0 radical (unpaired) electrons. The lowest BCUT2D eigenvalue weighted by Crippen LogP contribution is -2.17. The fraction of sp³-hybridized carbons (Fsp3) is 0.214. The molecular weight excluding hydrogens is 280 g/mol. The van der Waals surface area contributed by atoms with Gasteiger partial charge >= 0.3 is 0 Å². The molecule has 0 saturated carbocycles. The molecule has 0 spiro atoms. The predicted molar refractivity (Wildman–Crippen MR) is 81.2 cm³/mol. The summed E-state index contributed by atoms with van der Waals surface area (Å²) < 4.78 is 0.780. The van der Waals surface area contributed by atoms with Gasteiger partial charge in [-0.1, -0.05) is 17.7 Å². The molecule has 2 rings (SSSR count). The second-order valence-electron chi connectivity index (χ2n) is 4.17. The molecule has 1 unspecified atom stereocenters. The average Bonchev–Trinajstić information content (AvgIpc) is 2.85. The van der Waals surface area contributed by atoms with Gasteiger partial charge in [0, 0.05) is 23.2 Å². The molecule has 5 heteroatoms. The van der Waals surface area contributed by atoms with Crippen LogP contribution in [0.25, 0.3) is 0 Å². The van der Waals surface area contributed by atoms with Crippen LogP contribution in [-0.4, -0.2) is 13.0 Å². The molecule has 1 aromatic carbocycles. The molecule has 2 aromatic rings. The van der Waals surface area contributed by atoms with Crippen molar-refractivity contribution in [3.63, 3.8) is 0 Å². The van der Waals surface area contributed by atoms with E-state index in [1.807, 2.05) is 30.3 Å². The Hall–Kier alpha value is -1.52. The van der Waals surface area contributed by atoms with Crippen LogP contribution in [0, 0.1) is 0 Å². The smallest absolute Gasteiger partial charge is 0.251 e. The zero-order valence-electron chi connectivity index (χ0n) is 10.7. The van der Waals surface area contributed by atoms with Crippen LogP contribution in [0.15, 0.2) is 36.4 Å². The SMILES string of the molecule is CNC(=O)c1cccc(NC(C)c2ccc(Cl)s2)c1. The Morgan fingerprint density at radius 1 is 1.32 bits per heavy atom. The van der Waals surface area contributed by atoms with Gasteiger partial charge in [0.2, 0.25) is 0 Å². The lowest BCUT2D eigenvalue weighted by molar-refractivity contribution is 0.0963. The van der Waals surface area contributed by atoms with Crippen LogP contribution in [0.1, 0.15) is 28.2 Å². The van der Waals surface area contributed by atoms with E-state index < -0.39 is 0 Å². The van der Waals surface area contributed by atoms with Gasteiger partial charge < -0.3 is 10.6 Å². The fourth-order valence-electron chi connectivity index (χ4n) is 1.78. The van der Waals surface area contributed by atoms with Crippen molar-refractivity contribution >= 4 is 34.5 Å². The van der Waals surface area contributed by atoms with Crippen molar-refractivity contribution in [3.05, 3.63) is 51.2 Å². The van der Waals surface area contributed by atoms with E-state index in [9.17, 15) is 4.79 Å². The van der Waals surface area contributed by atoms with Crippen LogP contribution in [0.4, 0.5) is 5.69 Å². The molecule has 1 aromatic heterocycles. The molecule has 0 fully saturated rings. The van der Waals surface area contributed by atoms with Crippen LogP contribution in [0.2, 0.25) is 4.34 Å². The molecule has 100 valence electrons. The van der Waals surface area contributed by atoms with Crippen molar-refractivity contribution in [2.45, 2.75) is 13.0 Å². The highest BCUT2D eigenvalue weighted by Gasteiger charge is 2.09. The van der Waals surface area contributed by atoms with Gasteiger partial charge in [-0.05, 0) is 37.3 Å². The van der Waals surface area contributed by atoms with E-state index in [-0.39, 0.29) is 11.9 Å². The molecule has 0 aliphatic rings. The van der Waals surface area contributed by atoms with Gasteiger partial charge in [0.1, 0.15) is 0 Å². The molecule has 2 N–H and O–H groups in total. The van der Waals surface area contributed by atoms with E-state index in [1.54, 1.807) is 24.5 Å². The molecule has 3 nitrogen and oxygen atoms in total. The van der Waals surface area contributed by atoms with Gasteiger partial charge in [-0.2, -0.15) is 0 Å². The minimum Gasteiger partial charge on any atom is -0.378 e. The topological polar surface area (TPSA) is 41.1 Å². The summed E-state index contributed by atoms with van der Waals surface area (Å²) in [6.07, 6.45) is 0. The summed E-state index contributed by atoms with van der Waals surface area (Å²) in [5.74, 6) is -0.0875. The first kappa shape index (κ1) is 13.9. The first-order valence-corrected chi connectivity index (χ1v) is 7.13. The lowest BCUT2D eigenvalue weighted by Gasteiger charge is -2.14. The molecule has 1 heterocycles. The molecule has 0 bridgehead atoms. The first-order valence-electron chi connectivity index (χ1n) is 5.94. The van der Waals surface area contributed by atoms with Crippen LogP contribution < -0.4 is 10.6 Å². The quantitative estimate of drug-likeness (QED) is 0.897. The summed E-state index contributed by atoms with van der Waals surface area (Å²) >= 11 is 7.48. The summed E-state index contributed by atoms with van der Waals surface area (Å²) in [7, 11) is 1.62. The van der Waals surface area contributed by atoms with Gasteiger partial charge in [0.25, 0.3) is 5.91 Å². The number of hydrogen-bond donors (Lipinski definition) is 2. The number of carbonyl (C=O) groups excluding carboxylic acids is 1. The van der Waals surface area contributed by atoms with Crippen LogP contribution >= 0.6 is 22.9 Å². The summed E-state index contributed by atoms with van der Waals surface area (Å²) in [5, 5.41) is 5.98. The molecule has 1 amide bonds. The molecule has 0 saturated heterocycles. The molecular formula is C14H15ClN2OS. The standard InChI is InChI=1S/C14H15ClN2OS/c1-9(12-6-7-13(15)19-12)17-11-5-3-4-10(8-11)14(18)16-2/h3-9,17H,1-2H3,(H,16,18). The van der Waals surface area contributed by atoms with Gasteiger partial charge in [-0.25, -0.2) is 0 Å². The zero-order chi connectivity index (χ0) is 13.8. The Kier molecular flexibility index (Phi) is 4.45. The Labute approximate surface area is 121 Å². The van der Waals surface area contributed by atoms with Gasteiger partial charge in [0.15, 0.2) is 0 Å². The summed E-state index contributed by atoms with van der Waals surface area (Å²) in [6, 6.07) is 11.5.